The van der Waals surface area contributed by atoms with Gasteiger partial charge in [0.05, 0.1) is 0 Å². The number of rotatable bonds is 3. The third kappa shape index (κ3) is 3.23. The Labute approximate surface area is 128 Å². The SMILES string of the molecule is CNC(C)c1cc(F)c(C)cc1N1CC(C)CC(C)C1C. The summed E-state index contributed by atoms with van der Waals surface area (Å²) in [6, 6.07) is 4.38. The highest BCUT2D eigenvalue weighted by Crippen LogP contribution is 2.36. The Morgan fingerprint density at radius 1 is 1.29 bits per heavy atom. The molecule has 21 heavy (non-hydrogen) atoms. The Hall–Kier alpha value is -1.09. The highest BCUT2D eigenvalue weighted by molar-refractivity contribution is 5.58. The molecule has 1 heterocycles. The van der Waals surface area contributed by atoms with Crippen LogP contribution in [0.4, 0.5) is 10.1 Å². The van der Waals surface area contributed by atoms with Gasteiger partial charge >= 0.3 is 0 Å². The van der Waals surface area contributed by atoms with E-state index in [1.54, 1.807) is 6.07 Å². The zero-order chi connectivity index (χ0) is 15.7. The molecule has 1 N–H and O–H groups in total. The number of nitrogens with one attached hydrogen (secondary N) is 1. The number of halogens is 1. The number of benzene rings is 1. The Kier molecular flexibility index (Phi) is 4.92. The highest BCUT2D eigenvalue weighted by Gasteiger charge is 2.31. The summed E-state index contributed by atoms with van der Waals surface area (Å²) in [4.78, 5) is 2.48. The lowest BCUT2D eigenvalue weighted by molar-refractivity contribution is 0.296. The Balaban J connectivity index is 2.48. The Bertz CT molecular complexity index is 500. The fourth-order valence-corrected chi connectivity index (χ4v) is 3.47. The van der Waals surface area contributed by atoms with Crippen LogP contribution in [0.25, 0.3) is 0 Å². The maximum Gasteiger partial charge on any atom is 0.126 e. The minimum Gasteiger partial charge on any atom is -0.368 e. The van der Waals surface area contributed by atoms with Gasteiger partial charge in [-0.3, -0.25) is 0 Å². The summed E-state index contributed by atoms with van der Waals surface area (Å²) in [6.07, 6.45) is 1.27. The maximum atomic E-state index is 14.0. The average molecular weight is 292 g/mol. The summed E-state index contributed by atoms with van der Waals surface area (Å²) < 4.78 is 14.0. The summed E-state index contributed by atoms with van der Waals surface area (Å²) in [5, 5.41) is 3.25. The normalized spacial score (nSPS) is 27.8. The van der Waals surface area contributed by atoms with Crippen LogP contribution in [-0.2, 0) is 0 Å². The van der Waals surface area contributed by atoms with Gasteiger partial charge in [0.1, 0.15) is 5.82 Å². The molecule has 0 spiro atoms. The van der Waals surface area contributed by atoms with Crippen LogP contribution in [0.1, 0.15) is 51.3 Å². The number of hydrogen-bond acceptors (Lipinski definition) is 2. The monoisotopic (exact) mass is 292 g/mol. The second-order valence-electron chi connectivity index (χ2n) is 6.88. The molecule has 0 radical (unpaired) electrons. The van der Waals surface area contributed by atoms with Crippen molar-refractivity contribution in [1.82, 2.24) is 5.32 Å². The van der Waals surface area contributed by atoms with E-state index in [0.29, 0.717) is 17.9 Å². The van der Waals surface area contributed by atoms with Crippen molar-refractivity contribution in [2.45, 2.75) is 53.1 Å². The summed E-state index contributed by atoms with van der Waals surface area (Å²) in [6.45, 7) is 11.9. The lowest BCUT2D eigenvalue weighted by Crippen LogP contribution is -2.46. The van der Waals surface area contributed by atoms with Crippen LogP contribution in [0, 0.1) is 24.6 Å². The van der Waals surface area contributed by atoms with Crippen molar-refractivity contribution in [1.29, 1.82) is 0 Å². The number of anilines is 1. The first kappa shape index (κ1) is 16.3. The zero-order valence-corrected chi connectivity index (χ0v) is 14.2. The molecule has 0 saturated carbocycles. The zero-order valence-electron chi connectivity index (χ0n) is 14.2. The van der Waals surface area contributed by atoms with Crippen molar-refractivity contribution in [2.75, 3.05) is 18.5 Å². The highest BCUT2D eigenvalue weighted by atomic mass is 19.1. The standard InChI is InChI=1S/C18H29FN2/c1-11-7-12(2)15(5)21(10-11)18-8-13(3)17(19)9-16(18)14(4)20-6/h8-9,11-12,14-15,20H,7,10H2,1-6H3. The number of nitrogens with zero attached hydrogens (tertiary/aromatic N) is 1. The van der Waals surface area contributed by atoms with Crippen LogP contribution in [0.2, 0.25) is 0 Å². The molecule has 2 nitrogen and oxygen atoms in total. The van der Waals surface area contributed by atoms with E-state index < -0.39 is 0 Å². The van der Waals surface area contributed by atoms with Crippen molar-refractivity contribution < 1.29 is 4.39 Å². The van der Waals surface area contributed by atoms with Crippen LogP contribution in [0.15, 0.2) is 12.1 Å². The van der Waals surface area contributed by atoms with Gasteiger partial charge in [0.25, 0.3) is 0 Å². The minimum absolute atomic E-state index is 0.110. The third-order valence-corrected chi connectivity index (χ3v) is 5.11. The summed E-state index contributed by atoms with van der Waals surface area (Å²) in [5.41, 5.74) is 2.99. The fraction of sp³-hybridized carbons (Fsp3) is 0.667. The molecule has 1 aromatic carbocycles. The van der Waals surface area contributed by atoms with Gasteiger partial charge in [-0.25, -0.2) is 4.39 Å². The molecule has 1 fully saturated rings. The van der Waals surface area contributed by atoms with Crippen molar-refractivity contribution in [3.63, 3.8) is 0 Å². The van der Waals surface area contributed by atoms with E-state index >= 15 is 0 Å². The van der Waals surface area contributed by atoms with Crippen LogP contribution in [0.5, 0.6) is 0 Å². The first-order valence-electron chi connectivity index (χ1n) is 8.09. The number of hydrogen-bond donors (Lipinski definition) is 1. The van der Waals surface area contributed by atoms with Crippen LogP contribution >= 0.6 is 0 Å². The van der Waals surface area contributed by atoms with Crippen LogP contribution < -0.4 is 10.2 Å². The molecule has 118 valence electrons. The van der Waals surface area contributed by atoms with E-state index in [-0.39, 0.29) is 11.9 Å². The molecule has 1 aliphatic heterocycles. The van der Waals surface area contributed by atoms with E-state index in [1.807, 2.05) is 20.0 Å². The second-order valence-corrected chi connectivity index (χ2v) is 6.88. The van der Waals surface area contributed by atoms with Crippen LogP contribution in [0.3, 0.4) is 0 Å². The quantitative estimate of drug-likeness (QED) is 0.894. The van der Waals surface area contributed by atoms with E-state index in [2.05, 4.69) is 37.9 Å². The first-order chi connectivity index (χ1) is 9.85. The molecular weight excluding hydrogens is 263 g/mol. The lowest BCUT2D eigenvalue weighted by Gasteiger charge is -2.44. The topological polar surface area (TPSA) is 15.3 Å². The molecule has 0 bridgehead atoms. The molecule has 1 aromatic rings. The molecule has 2 rings (SSSR count). The summed E-state index contributed by atoms with van der Waals surface area (Å²) >= 11 is 0. The van der Waals surface area contributed by atoms with Crippen molar-refractivity contribution >= 4 is 5.69 Å². The molecule has 3 heteroatoms. The second kappa shape index (κ2) is 6.35. The molecular formula is C18H29FN2. The number of aryl methyl sites for hydroxylation is 1. The van der Waals surface area contributed by atoms with Gasteiger partial charge in [-0.1, -0.05) is 13.8 Å². The summed E-state index contributed by atoms with van der Waals surface area (Å²) in [7, 11) is 1.93. The number of piperidine rings is 1. The average Bonchev–Trinajstić information content (AvgIpc) is 2.44. The molecule has 4 unspecified atom stereocenters. The van der Waals surface area contributed by atoms with Gasteiger partial charge in [-0.2, -0.15) is 0 Å². The molecule has 0 aliphatic carbocycles. The van der Waals surface area contributed by atoms with Gasteiger partial charge < -0.3 is 10.2 Å². The molecule has 0 aromatic heterocycles. The van der Waals surface area contributed by atoms with Crippen molar-refractivity contribution in [3.05, 3.63) is 29.1 Å². The van der Waals surface area contributed by atoms with Gasteiger partial charge in [0.2, 0.25) is 0 Å². The smallest absolute Gasteiger partial charge is 0.126 e. The van der Waals surface area contributed by atoms with E-state index in [4.69, 9.17) is 0 Å². The largest absolute Gasteiger partial charge is 0.368 e. The van der Waals surface area contributed by atoms with Gasteiger partial charge in [0, 0.05) is 24.3 Å². The fourth-order valence-electron chi connectivity index (χ4n) is 3.47. The Morgan fingerprint density at radius 2 is 1.95 bits per heavy atom. The van der Waals surface area contributed by atoms with E-state index in [0.717, 1.165) is 17.7 Å². The predicted octanol–water partition coefficient (Wildman–Crippen LogP) is 4.29. The molecule has 0 amide bonds. The first-order valence-corrected chi connectivity index (χ1v) is 8.09. The minimum atomic E-state index is -0.110. The van der Waals surface area contributed by atoms with Crippen LogP contribution in [-0.4, -0.2) is 19.6 Å². The van der Waals surface area contributed by atoms with Crippen molar-refractivity contribution in [3.8, 4) is 0 Å². The van der Waals surface area contributed by atoms with Crippen molar-refractivity contribution in [2.24, 2.45) is 11.8 Å². The van der Waals surface area contributed by atoms with Gasteiger partial charge in [-0.05, 0) is 69.3 Å². The van der Waals surface area contributed by atoms with Gasteiger partial charge in [0.15, 0.2) is 0 Å². The van der Waals surface area contributed by atoms with Gasteiger partial charge in [-0.15, -0.1) is 0 Å². The molecule has 1 aliphatic rings. The summed E-state index contributed by atoms with van der Waals surface area (Å²) in [5.74, 6) is 1.23. The Morgan fingerprint density at radius 3 is 2.57 bits per heavy atom. The lowest BCUT2D eigenvalue weighted by atomic mass is 9.85. The third-order valence-electron chi connectivity index (χ3n) is 5.11. The molecule has 4 atom stereocenters. The predicted molar refractivity (Wildman–Crippen MR) is 88.4 cm³/mol. The molecule has 1 saturated heterocycles. The maximum absolute atomic E-state index is 14.0. The van der Waals surface area contributed by atoms with E-state index in [1.165, 1.54) is 12.1 Å². The van der Waals surface area contributed by atoms with E-state index in [9.17, 15) is 4.39 Å².